The molecule has 0 aliphatic carbocycles. The van der Waals surface area contributed by atoms with Gasteiger partial charge in [0.05, 0.1) is 18.7 Å². The minimum Gasteiger partial charge on any atom is -0.323 e. The topological polar surface area (TPSA) is 42.3 Å². The van der Waals surface area contributed by atoms with Gasteiger partial charge in [0.25, 0.3) is 0 Å². The van der Waals surface area contributed by atoms with E-state index in [0.29, 0.717) is 6.67 Å². The Morgan fingerprint density at radius 3 is 2.14 bits per heavy atom. The highest BCUT2D eigenvalue weighted by molar-refractivity contribution is 5.59. The van der Waals surface area contributed by atoms with Crippen molar-refractivity contribution in [2.24, 2.45) is 4.99 Å². The zero-order valence-corrected chi connectivity index (χ0v) is 14.5. The van der Waals surface area contributed by atoms with Gasteiger partial charge in [-0.1, -0.05) is 18.2 Å². The molecule has 5 nitrogen and oxygen atoms in total. The molecule has 0 radical (unpaired) electrons. The summed E-state index contributed by atoms with van der Waals surface area (Å²) in [6.45, 7) is 13.3. The first-order valence-corrected chi connectivity index (χ1v) is 7.70. The van der Waals surface area contributed by atoms with Gasteiger partial charge in [-0.3, -0.25) is 10.2 Å². The molecule has 22 heavy (non-hydrogen) atoms. The third kappa shape index (κ3) is 3.42. The molecule has 1 heterocycles. The number of hydroxylamine groups is 1. The van der Waals surface area contributed by atoms with E-state index in [1.54, 1.807) is 0 Å². The highest BCUT2D eigenvalue weighted by atomic mass is 16.5. The Hall–Kier alpha value is -1.59. The predicted molar refractivity (Wildman–Crippen MR) is 91.0 cm³/mol. The molecule has 0 bridgehead atoms. The molecule has 0 fully saturated rings. The lowest BCUT2D eigenvalue weighted by atomic mass is 10.0. The Kier molecular flexibility index (Phi) is 4.49. The molecule has 0 aromatic heterocycles. The number of para-hydroxylation sites is 1. The summed E-state index contributed by atoms with van der Waals surface area (Å²) in [5.41, 5.74) is 0.488. The van der Waals surface area contributed by atoms with Crippen molar-refractivity contribution in [2.45, 2.75) is 58.9 Å². The maximum Gasteiger partial charge on any atom is 0.187 e. The van der Waals surface area contributed by atoms with Crippen molar-refractivity contribution in [1.82, 2.24) is 9.80 Å². The van der Waals surface area contributed by atoms with E-state index in [9.17, 15) is 5.21 Å². The fourth-order valence-corrected chi connectivity index (χ4v) is 2.54. The van der Waals surface area contributed by atoms with Gasteiger partial charge < -0.3 is 4.90 Å². The van der Waals surface area contributed by atoms with Crippen LogP contribution in [0.4, 0.5) is 5.69 Å². The highest BCUT2D eigenvalue weighted by Gasteiger charge is 2.41. The Morgan fingerprint density at radius 1 is 1.05 bits per heavy atom. The average molecular weight is 304 g/mol. The van der Waals surface area contributed by atoms with Gasteiger partial charge in [0.2, 0.25) is 0 Å². The average Bonchev–Trinajstić information content (AvgIpc) is 2.45. The summed E-state index contributed by atoms with van der Waals surface area (Å²) in [6, 6.07) is 9.63. The van der Waals surface area contributed by atoms with Crippen molar-refractivity contribution in [2.75, 3.05) is 11.7 Å². The van der Waals surface area contributed by atoms with E-state index in [1.165, 1.54) is 5.06 Å². The van der Waals surface area contributed by atoms with Crippen LogP contribution < -0.4 is 5.06 Å². The van der Waals surface area contributed by atoms with Crippen molar-refractivity contribution in [3.8, 4) is 0 Å². The lowest BCUT2D eigenvalue weighted by molar-refractivity contribution is -0.0631. The summed E-state index contributed by atoms with van der Waals surface area (Å²) in [5, 5.41) is 12.2. The molecule has 1 atom stereocenters. The summed E-state index contributed by atoms with van der Waals surface area (Å²) >= 11 is 0. The van der Waals surface area contributed by atoms with Gasteiger partial charge in [0, 0.05) is 11.1 Å². The second-order valence-electron chi connectivity index (χ2n) is 7.68. The van der Waals surface area contributed by atoms with Crippen LogP contribution in [0.2, 0.25) is 0 Å². The molecule has 1 aromatic carbocycles. The molecule has 0 saturated heterocycles. The normalized spacial score (nSPS) is 20.3. The van der Waals surface area contributed by atoms with Gasteiger partial charge in [0.15, 0.2) is 6.29 Å². The van der Waals surface area contributed by atoms with Gasteiger partial charge in [-0.2, -0.15) is 0 Å². The lowest BCUT2D eigenvalue weighted by Gasteiger charge is -2.53. The molecule has 1 unspecified atom stereocenters. The second-order valence-corrected chi connectivity index (χ2v) is 7.68. The molecule has 1 aliphatic rings. The van der Waals surface area contributed by atoms with Crippen LogP contribution in [0, 0.1) is 0 Å². The van der Waals surface area contributed by atoms with Crippen LogP contribution in [0.5, 0.6) is 0 Å². The quantitative estimate of drug-likeness (QED) is 0.851. The number of anilines is 1. The molecular weight excluding hydrogens is 276 g/mol. The molecule has 0 amide bonds. The zero-order valence-electron chi connectivity index (χ0n) is 14.5. The second kappa shape index (κ2) is 5.89. The van der Waals surface area contributed by atoms with Crippen LogP contribution in [-0.4, -0.2) is 45.4 Å². The fourth-order valence-electron chi connectivity index (χ4n) is 2.54. The van der Waals surface area contributed by atoms with Gasteiger partial charge >= 0.3 is 0 Å². The molecule has 122 valence electrons. The molecule has 2 rings (SSSR count). The van der Waals surface area contributed by atoms with E-state index in [2.05, 4.69) is 56.3 Å². The van der Waals surface area contributed by atoms with Crippen molar-refractivity contribution in [3.05, 3.63) is 30.3 Å². The maximum absolute atomic E-state index is 10.9. The zero-order chi connectivity index (χ0) is 16.5. The van der Waals surface area contributed by atoms with E-state index in [1.807, 2.05) is 36.7 Å². The van der Waals surface area contributed by atoms with Gasteiger partial charge in [-0.25, -0.2) is 9.96 Å². The monoisotopic (exact) mass is 304 g/mol. The Bertz CT molecular complexity index is 516. The van der Waals surface area contributed by atoms with Crippen molar-refractivity contribution in [1.29, 1.82) is 0 Å². The number of hydrogen-bond donors (Lipinski definition) is 1. The Balaban J connectivity index is 2.44. The number of nitrogens with zero attached hydrogens (tertiary/aromatic N) is 4. The van der Waals surface area contributed by atoms with Crippen molar-refractivity contribution >= 4 is 12.0 Å². The molecule has 0 spiro atoms. The third-order valence-corrected chi connectivity index (χ3v) is 3.84. The van der Waals surface area contributed by atoms with Gasteiger partial charge in [0.1, 0.15) is 0 Å². The first kappa shape index (κ1) is 16.8. The minimum absolute atomic E-state index is 0.123. The number of benzene rings is 1. The molecule has 5 heteroatoms. The van der Waals surface area contributed by atoms with Crippen molar-refractivity contribution in [3.63, 3.8) is 0 Å². The van der Waals surface area contributed by atoms with Crippen LogP contribution in [0.1, 0.15) is 41.5 Å². The SMILES string of the molecule is CC(C)(C)N1C=NCN(C(C)(C)C)C1N(O)c1ccccc1. The lowest BCUT2D eigenvalue weighted by Crippen LogP contribution is -2.68. The highest BCUT2D eigenvalue weighted by Crippen LogP contribution is 2.30. The molecule has 1 N–H and O–H groups in total. The molecular formula is C17H28N4O. The standard InChI is InChI=1S/C17H28N4O/c1-16(2,3)19-12-18-13-20(17(4,5)6)15(19)21(22)14-10-8-7-9-11-14/h7-12,15,22H,13H2,1-6H3. The number of rotatable bonds is 2. The van der Waals surface area contributed by atoms with Crippen LogP contribution in [0.3, 0.4) is 0 Å². The Morgan fingerprint density at radius 2 is 1.64 bits per heavy atom. The number of hydrogen-bond acceptors (Lipinski definition) is 5. The molecule has 1 aliphatic heterocycles. The van der Waals surface area contributed by atoms with E-state index < -0.39 is 0 Å². The third-order valence-electron chi connectivity index (χ3n) is 3.84. The van der Waals surface area contributed by atoms with Crippen LogP contribution in [0.15, 0.2) is 35.3 Å². The molecule has 1 aromatic rings. The van der Waals surface area contributed by atoms with Crippen LogP contribution >= 0.6 is 0 Å². The smallest absolute Gasteiger partial charge is 0.187 e. The summed E-state index contributed by atoms with van der Waals surface area (Å²) in [5.74, 6) is 0. The van der Waals surface area contributed by atoms with E-state index in [-0.39, 0.29) is 17.4 Å². The van der Waals surface area contributed by atoms with E-state index in [0.717, 1.165) is 5.69 Å². The first-order chi connectivity index (χ1) is 10.1. The van der Waals surface area contributed by atoms with Crippen LogP contribution in [0.25, 0.3) is 0 Å². The van der Waals surface area contributed by atoms with E-state index >= 15 is 0 Å². The largest absolute Gasteiger partial charge is 0.323 e. The Labute approximate surface area is 133 Å². The van der Waals surface area contributed by atoms with Gasteiger partial charge in [-0.05, 0) is 53.7 Å². The summed E-state index contributed by atoms with van der Waals surface area (Å²) < 4.78 is 0. The van der Waals surface area contributed by atoms with Crippen LogP contribution in [-0.2, 0) is 0 Å². The van der Waals surface area contributed by atoms with E-state index in [4.69, 9.17) is 0 Å². The van der Waals surface area contributed by atoms with Crippen molar-refractivity contribution < 1.29 is 5.21 Å². The summed E-state index contributed by atoms with van der Waals surface area (Å²) in [6.07, 6.45) is 1.54. The first-order valence-electron chi connectivity index (χ1n) is 7.70. The maximum atomic E-state index is 10.9. The fraction of sp³-hybridized carbons (Fsp3) is 0.588. The number of aliphatic imine (C=N–C) groups is 1. The van der Waals surface area contributed by atoms with Gasteiger partial charge in [-0.15, -0.1) is 0 Å². The summed E-state index contributed by atoms with van der Waals surface area (Å²) in [4.78, 5) is 8.77. The minimum atomic E-state index is -0.306. The molecule has 0 saturated carbocycles. The predicted octanol–water partition coefficient (Wildman–Crippen LogP) is 3.37. The summed E-state index contributed by atoms with van der Waals surface area (Å²) in [7, 11) is 0.